The van der Waals surface area contributed by atoms with Gasteiger partial charge in [0.2, 0.25) is 0 Å². The second-order valence-electron chi connectivity index (χ2n) is 3.99. The van der Waals surface area contributed by atoms with E-state index in [1.54, 1.807) is 0 Å². The highest BCUT2D eigenvalue weighted by molar-refractivity contribution is 9.09. The molecule has 0 amide bonds. The molecule has 0 aromatic heterocycles. The van der Waals surface area contributed by atoms with E-state index in [9.17, 15) is 0 Å². The first-order valence-electron chi connectivity index (χ1n) is 5.65. The maximum absolute atomic E-state index is 3.75. The fourth-order valence-electron chi connectivity index (χ4n) is 1.78. The minimum Gasteiger partial charge on any atom is -0.0838 e. The van der Waals surface area contributed by atoms with Crippen LogP contribution in [0.3, 0.4) is 0 Å². The third-order valence-electron chi connectivity index (χ3n) is 2.74. The van der Waals surface area contributed by atoms with E-state index < -0.39 is 0 Å². The van der Waals surface area contributed by atoms with Gasteiger partial charge in [0.05, 0.1) is 0 Å². The molecule has 0 bridgehead atoms. The van der Waals surface area contributed by atoms with Crippen LogP contribution in [0.15, 0.2) is 60.7 Å². The normalized spacial score (nSPS) is 14.2. The zero-order valence-corrected chi connectivity index (χ0v) is 12.6. The Balaban J connectivity index is 2.02. The summed E-state index contributed by atoms with van der Waals surface area (Å²) in [5.41, 5.74) is 2.65. The summed E-state index contributed by atoms with van der Waals surface area (Å²) in [5, 5.41) is 0. The van der Waals surface area contributed by atoms with Crippen LogP contribution < -0.4 is 0 Å². The standard InChI is InChI=1S/C15H14Br2/c16-14(12-7-3-1-4-8-12)11-15(17)13-9-5-2-6-10-13/h1-10,14-15H,11H2/t14-,15+. The lowest BCUT2D eigenvalue weighted by Crippen LogP contribution is -1.96. The van der Waals surface area contributed by atoms with Crippen molar-refractivity contribution in [1.29, 1.82) is 0 Å². The summed E-state index contributed by atoms with van der Waals surface area (Å²) in [6.45, 7) is 0. The van der Waals surface area contributed by atoms with Crippen LogP contribution in [-0.4, -0.2) is 0 Å². The molecule has 0 aliphatic carbocycles. The van der Waals surface area contributed by atoms with Crippen LogP contribution in [0.4, 0.5) is 0 Å². The van der Waals surface area contributed by atoms with Crippen LogP contribution >= 0.6 is 31.9 Å². The molecule has 0 heterocycles. The van der Waals surface area contributed by atoms with Crippen LogP contribution in [0.2, 0.25) is 0 Å². The molecule has 0 saturated carbocycles. The Morgan fingerprint density at radius 3 is 1.35 bits per heavy atom. The molecule has 2 atom stereocenters. The maximum Gasteiger partial charge on any atom is 0.0409 e. The molecule has 2 aromatic carbocycles. The van der Waals surface area contributed by atoms with Gasteiger partial charge in [-0.15, -0.1) is 0 Å². The summed E-state index contributed by atoms with van der Waals surface area (Å²) in [5.74, 6) is 0. The lowest BCUT2D eigenvalue weighted by atomic mass is 10.0. The summed E-state index contributed by atoms with van der Waals surface area (Å²) in [6, 6.07) is 21.0. The molecule has 0 N–H and O–H groups in total. The topological polar surface area (TPSA) is 0 Å². The first-order chi connectivity index (χ1) is 8.27. The first-order valence-corrected chi connectivity index (χ1v) is 7.48. The van der Waals surface area contributed by atoms with E-state index in [-0.39, 0.29) is 0 Å². The summed E-state index contributed by atoms with van der Waals surface area (Å²) < 4.78 is 0. The summed E-state index contributed by atoms with van der Waals surface area (Å²) in [7, 11) is 0. The van der Waals surface area contributed by atoms with E-state index in [1.807, 2.05) is 12.1 Å². The predicted molar refractivity (Wildman–Crippen MR) is 80.8 cm³/mol. The molecule has 0 aliphatic heterocycles. The largest absolute Gasteiger partial charge is 0.0838 e. The number of benzene rings is 2. The van der Waals surface area contributed by atoms with Crippen LogP contribution in [0, 0.1) is 0 Å². The van der Waals surface area contributed by atoms with E-state index >= 15 is 0 Å². The van der Waals surface area contributed by atoms with Gasteiger partial charge >= 0.3 is 0 Å². The molecule has 2 rings (SSSR count). The molecule has 0 aliphatic rings. The third-order valence-corrected chi connectivity index (χ3v) is 4.54. The van der Waals surface area contributed by atoms with E-state index in [0.717, 1.165) is 6.42 Å². The second-order valence-corrected chi connectivity index (χ2v) is 6.20. The van der Waals surface area contributed by atoms with Crippen LogP contribution in [0.5, 0.6) is 0 Å². The van der Waals surface area contributed by atoms with Gasteiger partial charge in [0.15, 0.2) is 0 Å². The van der Waals surface area contributed by atoms with Crippen molar-refractivity contribution in [3.63, 3.8) is 0 Å². The van der Waals surface area contributed by atoms with Gasteiger partial charge in [-0.2, -0.15) is 0 Å². The van der Waals surface area contributed by atoms with Gasteiger partial charge in [-0.25, -0.2) is 0 Å². The minimum atomic E-state index is 0.383. The SMILES string of the molecule is Br[C@H](C[C@H](Br)c1ccccc1)c1ccccc1. The quantitative estimate of drug-likeness (QED) is 0.623. The van der Waals surface area contributed by atoms with Gasteiger partial charge < -0.3 is 0 Å². The van der Waals surface area contributed by atoms with E-state index in [4.69, 9.17) is 0 Å². The van der Waals surface area contributed by atoms with Gasteiger partial charge in [0.25, 0.3) is 0 Å². The fourth-order valence-corrected chi connectivity index (χ4v) is 3.64. The van der Waals surface area contributed by atoms with Crippen molar-refractivity contribution in [2.24, 2.45) is 0 Å². The fraction of sp³-hybridized carbons (Fsp3) is 0.200. The summed E-state index contributed by atoms with van der Waals surface area (Å²) >= 11 is 7.51. The van der Waals surface area contributed by atoms with Crippen molar-refractivity contribution in [3.05, 3.63) is 71.8 Å². The Morgan fingerprint density at radius 2 is 1.00 bits per heavy atom. The van der Waals surface area contributed by atoms with E-state index in [0.29, 0.717) is 9.65 Å². The van der Waals surface area contributed by atoms with Crippen molar-refractivity contribution in [2.75, 3.05) is 0 Å². The second kappa shape index (κ2) is 6.36. The first kappa shape index (κ1) is 12.8. The molecule has 2 aromatic rings. The van der Waals surface area contributed by atoms with Crippen molar-refractivity contribution in [2.45, 2.75) is 16.1 Å². The summed E-state index contributed by atoms with van der Waals surface area (Å²) in [4.78, 5) is 0.765. The van der Waals surface area contributed by atoms with Crippen molar-refractivity contribution >= 4 is 31.9 Å². The number of hydrogen-bond donors (Lipinski definition) is 0. The predicted octanol–water partition coefficient (Wildman–Crippen LogP) is 5.65. The average molecular weight is 354 g/mol. The number of hydrogen-bond acceptors (Lipinski definition) is 0. The van der Waals surface area contributed by atoms with Crippen LogP contribution in [-0.2, 0) is 0 Å². The summed E-state index contributed by atoms with van der Waals surface area (Å²) in [6.07, 6.45) is 1.04. The van der Waals surface area contributed by atoms with E-state index in [1.165, 1.54) is 11.1 Å². The lowest BCUT2D eigenvalue weighted by Gasteiger charge is -2.15. The van der Waals surface area contributed by atoms with Gasteiger partial charge in [-0.3, -0.25) is 0 Å². The van der Waals surface area contributed by atoms with Gasteiger partial charge in [-0.1, -0.05) is 92.5 Å². The van der Waals surface area contributed by atoms with Crippen molar-refractivity contribution in [3.8, 4) is 0 Å². The Hall–Kier alpha value is -0.600. The van der Waals surface area contributed by atoms with Gasteiger partial charge in [0.1, 0.15) is 0 Å². The number of rotatable bonds is 4. The molecular weight excluding hydrogens is 340 g/mol. The number of halogens is 2. The molecule has 0 fully saturated rings. The Labute approximate surface area is 119 Å². The highest BCUT2D eigenvalue weighted by Gasteiger charge is 2.14. The van der Waals surface area contributed by atoms with Gasteiger partial charge in [0, 0.05) is 9.65 Å². The average Bonchev–Trinajstić information content (AvgIpc) is 2.40. The minimum absolute atomic E-state index is 0.383. The number of alkyl halides is 2. The van der Waals surface area contributed by atoms with Gasteiger partial charge in [-0.05, 0) is 17.5 Å². The zero-order chi connectivity index (χ0) is 12.1. The van der Waals surface area contributed by atoms with Crippen molar-refractivity contribution < 1.29 is 0 Å². The van der Waals surface area contributed by atoms with Crippen molar-refractivity contribution in [1.82, 2.24) is 0 Å². The smallest absolute Gasteiger partial charge is 0.0409 e. The Kier molecular flexibility index (Phi) is 4.81. The third kappa shape index (κ3) is 3.68. The molecule has 0 radical (unpaired) electrons. The highest BCUT2D eigenvalue weighted by atomic mass is 79.9. The Bertz CT molecular complexity index is 395. The highest BCUT2D eigenvalue weighted by Crippen LogP contribution is 2.37. The molecular formula is C15H14Br2. The van der Waals surface area contributed by atoms with Crippen LogP contribution in [0.1, 0.15) is 27.2 Å². The Morgan fingerprint density at radius 1 is 0.647 bits per heavy atom. The molecule has 88 valence electrons. The van der Waals surface area contributed by atoms with E-state index in [2.05, 4.69) is 80.4 Å². The lowest BCUT2D eigenvalue weighted by molar-refractivity contribution is 0.806. The van der Waals surface area contributed by atoms with Crippen LogP contribution in [0.25, 0.3) is 0 Å². The molecule has 0 nitrogen and oxygen atoms in total. The molecule has 17 heavy (non-hydrogen) atoms. The molecule has 0 spiro atoms. The maximum atomic E-state index is 3.75. The molecule has 0 unspecified atom stereocenters. The molecule has 0 saturated heterocycles. The zero-order valence-electron chi connectivity index (χ0n) is 9.39. The monoisotopic (exact) mass is 352 g/mol. The molecule has 2 heteroatoms.